The molecule has 0 fully saturated rings. The van der Waals surface area contributed by atoms with Crippen molar-refractivity contribution < 1.29 is 9.13 Å². The zero-order valence-corrected chi connectivity index (χ0v) is 12.2. The molecule has 1 aromatic rings. The lowest BCUT2D eigenvalue weighted by molar-refractivity contribution is 0.322. The minimum atomic E-state index is -0.427. The van der Waals surface area contributed by atoms with Crippen molar-refractivity contribution >= 4 is 23.1 Å². The normalized spacial score (nSPS) is 11.4. The van der Waals surface area contributed by atoms with Crippen molar-refractivity contribution in [3.8, 4) is 5.75 Å². The number of anilines is 2. The number of hydrogen-bond donors (Lipinski definition) is 2. The Kier molecular flexibility index (Phi) is 5.14. The number of rotatable bonds is 6. The van der Waals surface area contributed by atoms with Crippen molar-refractivity contribution in [2.24, 2.45) is 0 Å². The van der Waals surface area contributed by atoms with Gasteiger partial charge < -0.3 is 15.8 Å². The molecule has 5 heteroatoms. The van der Waals surface area contributed by atoms with E-state index in [0.29, 0.717) is 18.0 Å². The first-order valence-corrected chi connectivity index (χ1v) is 7.13. The lowest BCUT2D eigenvalue weighted by Gasteiger charge is -2.23. The van der Waals surface area contributed by atoms with Crippen molar-refractivity contribution in [2.75, 3.05) is 30.5 Å². The summed E-state index contributed by atoms with van der Waals surface area (Å²) in [6, 6.07) is 2.91. The molecular weight excluding hydrogens is 251 g/mol. The van der Waals surface area contributed by atoms with Crippen LogP contribution in [0.25, 0.3) is 0 Å². The fraction of sp³-hybridized carbons (Fsp3) is 0.538. The van der Waals surface area contributed by atoms with Crippen molar-refractivity contribution in [2.45, 2.75) is 25.5 Å². The molecule has 102 valence electrons. The summed E-state index contributed by atoms with van der Waals surface area (Å²) in [4.78, 5) is 0. The SMILES string of the molecule is CCOc1cc(NCC(C)(C)SC)c(N)cc1F. The molecule has 1 rings (SSSR count). The van der Waals surface area contributed by atoms with Crippen LogP contribution in [-0.2, 0) is 0 Å². The molecule has 0 unspecified atom stereocenters. The van der Waals surface area contributed by atoms with Gasteiger partial charge in [-0.15, -0.1) is 0 Å². The number of benzene rings is 1. The van der Waals surface area contributed by atoms with Gasteiger partial charge in [0.15, 0.2) is 11.6 Å². The maximum absolute atomic E-state index is 13.5. The molecular formula is C13H21FN2OS. The topological polar surface area (TPSA) is 47.3 Å². The van der Waals surface area contributed by atoms with E-state index in [4.69, 9.17) is 10.5 Å². The monoisotopic (exact) mass is 272 g/mol. The largest absolute Gasteiger partial charge is 0.491 e. The Hall–Kier alpha value is -1.10. The fourth-order valence-electron chi connectivity index (χ4n) is 1.37. The van der Waals surface area contributed by atoms with Crippen molar-refractivity contribution in [3.05, 3.63) is 17.9 Å². The Bertz CT molecular complexity index is 410. The van der Waals surface area contributed by atoms with Crippen LogP contribution >= 0.6 is 11.8 Å². The van der Waals surface area contributed by atoms with Crippen LogP contribution in [0.2, 0.25) is 0 Å². The third-order valence-electron chi connectivity index (χ3n) is 2.66. The quantitative estimate of drug-likeness (QED) is 0.780. The van der Waals surface area contributed by atoms with Gasteiger partial charge in [0.1, 0.15) is 0 Å². The predicted molar refractivity (Wildman–Crippen MR) is 78.1 cm³/mol. The van der Waals surface area contributed by atoms with E-state index in [1.165, 1.54) is 6.07 Å². The number of nitrogen functional groups attached to an aromatic ring is 1. The van der Waals surface area contributed by atoms with Gasteiger partial charge in [-0.05, 0) is 27.0 Å². The highest BCUT2D eigenvalue weighted by molar-refractivity contribution is 7.99. The van der Waals surface area contributed by atoms with Crippen LogP contribution in [0.4, 0.5) is 15.8 Å². The first-order chi connectivity index (χ1) is 8.39. The molecule has 0 atom stereocenters. The van der Waals surface area contributed by atoms with Crippen LogP contribution in [0, 0.1) is 5.82 Å². The molecule has 0 spiro atoms. The van der Waals surface area contributed by atoms with Crippen LogP contribution in [0.5, 0.6) is 5.75 Å². The predicted octanol–water partition coefficient (Wildman–Crippen LogP) is 3.36. The number of thioether (sulfide) groups is 1. The Morgan fingerprint density at radius 1 is 1.44 bits per heavy atom. The van der Waals surface area contributed by atoms with Gasteiger partial charge in [-0.25, -0.2) is 4.39 Å². The zero-order chi connectivity index (χ0) is 13.8. The second-order valence-electron chi connectivity index (χ2n) is 4.62. The second-order valence-corrected chi connectivity index (χ2v) is 6.13. The summed E-state index contributed by atoms with van der Waals surface area (Å²) in [6.07, 6.45) is 2.06. The minimum absolute atomic E-state index is 0.0899. The van der Waals surface area contributed by atoms with Crippen LogP contribution in [0.1, 0.15) is 20.8 Å². The number of nitrogens with one attached hydrogen (secondary N) is 1. The van der Waals surface area contributed by atoms with Gasteiger partial charge in [0.25, 0.3) is 0 Å². The molecule has 0 radical (unpaired) electrons. The van der Waals surface area contributed by atoms with Gasteiger partial charge in [0.05, 0.1) is 18.0 Å². The summed E-state index contributed by atoms with van der Waals surface area (Å²) < 4.78 is 18.8. The molecule has 0 amide bonds. The van der Waals surface area contributed by atoms with E-state index in [1.54, 1.807) is 17.8 Å². The number of hydrogen-bond acceptors (Lipinski definition) is 4. The average Bonchev–Trinajstić information content (AvgIpc) is 2.31. The van der Waals surface area contributed by atoms with Gasteiger partial charge in [0, 0.05) is 23.4 Å². The molecule has 1 aromatic carbocycles. The van der Waals surface area contributed by atoms with E-state index >= 15 is 0 Å². The molecule has 0 bridgehead atoms. The molecule has 0 aliphatic carbocycles. The Morgan fingerprint density at radius 3 is 2.67 bits per heavy atom. The molecule has 3 N–H and O–H groups in total. The Labute approximate surface area is 112 Å². The van der Waals surface area contributed by atoms with Gasteiger partial charge >= 0.3 is 0 Å². The van der Waals surface area contributed by atoms with Crippen molar-refractivity contribution in [1.82, 2.24) is 0 Å². The summed E-state index contributed by atoms with van der Waals surface area (Å²) in [5.41, 5.74) is 6.90. The van der Waals surface area contributed by atoms with E-state index < -0.39 is 5.82 Å². The fourth-order valence-corrected chi connectivity index (χ4v) is 1.58. The smallest absolute Gasteiger partial charge is 0.167 e. The zero-order valence-electron chi connectivity index (χ0n) is 11.3. The maximum Gasteiger partial charge on any atom is 0.167 e. The summed E-state index contributed by atoms with van der Waals surface area (Å²) >= 11 is 1.76. The van der Waals surface area contributed by atoms with Crippen molar-refractivity contribution in [1.29, 1.82) is 0 Å². The molecule has 3 nitrogen and oxygen atoms in total. The lowest BCUT2D eigenvalue weighted by Crippen LogP contribution is -2.26. The highest BCUT2D eigenvalue weighted by Gasteiger charge is 2.17. The molecule has 0 heterocycles. The highest BCUT2D eigenvalue weighted by atomic mass is 32.2. The van der Waals surface area contributed by atoms with E-state index in [2.05, 4.69) is 25.4 Å². The standard InChI is InChI=1S/C13H21FN2OS/c1-5-17-12-7-11(10(15)6-9(12)14)16-8-13(2,3)18-4/h6-7,16H,5,8,15H2,1-4H3. The summed E-state index contributed by atoms with van der Waals surface area (Å²) in [5, 5.41) is 3.24. The Morgan fingerprint density at radius 2 is 2.11 bits per heavy atom. The number of nitrogens with two attached hydrogens (primary N) is 1. The maximum atomic E-state index is 13.5. The summed E-state index contributed by atoms with van der Waals surface area (Å²) in [7, 11) is 0. The lowest BCUT2D eigenvalue weighted by atomic mass is 10.2. The third-order valence-corrected chi connectivity index (χ3v) is 3.91. The van der Waals surface area contributed by atoms with Crippen LogP contribution < -0.4 is 15.8 Å². The summed E-state index contributed by atoms with van der Waals surface area (Å²) in [5.74, 6) is -0.194. The first-order valence-electron chi connectivity index (χ1n) is 5.90. The van der Waals surface area contributed by atoms with Crippen LogP contribution in [0.3, 0.4) is 0 Å². The van der Waals surface area contributed by atoms with E-state index in [9.17, 15) is 4.39 Å². The third kappa shape index (κ3) is 3.98. The van der Waals surface area contributed by atoms with Gasteiger partial charge in [-0.2, -0.15) is 11.8 Å². The van der Waals surface area contributed by atoms with E-state index in [1.807, 2.05) is 6.92 Å². The molecule has 0 aliphatic heterocycles. The van der Waals surface area contributed by atoms with E-state index in [0.717, 1.165) is 6.54 Å². The second kappa shape index (κ2) is 6.18. The molecule has 18 heavy (non-hydrogen) atoms. The van der Waals surface area contributed by atoms with Gasteiger partial charge in [-0.1, -0.05) is 0 Å². The first kappa shape index (κ1) is 15.0. The van der Waals surface area contributed by atoms with Gasteiger partial charge in [-0.3, -0.25) is 0 Å². The number of halogens is 1. The van der Waals surface area contributed by atoms with Crippen LogP contribution in [-0.4, -0.2) is 24.2 Å². The highest BCUT2D eigenvalue weighted by Crippen LogP contribution is 2.30. The minimum Gasteiger partial charge on any atom is -0.491 e. The van der Waals surface area contributed by atoms with Crippen LogP contribution in [0.15, 0.2) is 12.1 Å². The summed E-state index contributed by atoms with van der Waals surface area (Å²) in [6.45, 7) is 7.26. The number of ether oxygens (including phenoxy) is 1. The molecule has 0 aliphatic rings. The molecule has 0 saturated heterocycles. The van der Waals surface area contributed by atoms with Crippen molar-refractivity contribution in [3.63, 3.8) is 0 Å². The molecule has 0 saturated carbocycles. The van der Waals surface area contributed by atoms with Gasteiger partial charge in [0.2, 0.25) is 0 Å². The van der Waals surface area contributed by atoms with E-state index in [-0.39, 0.29) is 10.5 Å². The molecule has 0 aromatic heterocycles. The average molecular weight is 272 g/mol. The Balaban J connectivity index is 2.85.